The summed E-state index contributed by atoms with van der Waals surface area (Å²) in [4.78, 5) is 11.3. The molecule has 1 N–H and O–H groups in total. The largest absolute Gasteiger partial charge is 0.466 e. The SMILES string of the molecule is CNC(=O)c1c(C)oc(C)c1C. The maximum atomic E-state index is 11.3. The minimum Gasteiger partial charge on any atom is -0.466 e. The van der Waals surface area contributed by atoms with Crippen LogP contribution < -0.4 is 5.32 Å². The normalized spacial score (nSPS) is 10.0. The molecule has 3 heteroatoms. The Labute approximate surface area is 71.8 Å². The highest BCUT2D eigenvalue weighted by atomic mass is 16.3. The van der Waals surface area contributed by atoms with Crippen molar-refractivity contribution in [2.45, 2.75) is 20.8 Å². The molecular formula is C9H13NO2. The summed E-state index contributed by atoms with van der Waals surface area (Å²) in [6.45, 7) is 5.54. The van der Waals surface area contributed by atoms with Gasteiger partial charge in [0.25, 0.3) is 5.91 Å². The van der Waals surface area contributed by atoms with Gasteiger partial charge in [0, 0.05) is 12.6 Å². The smallest absolute Gasteiger partial charge is 0.254 e. The Morgan fingerprint density at radius 2 is 1.83 bits per heavy atom. The molecular weight excluding hydrogens is 154 g/mol. The van der Waals surface area contributed by atoms with Gasteiger partial charge in [-0.1, -0.05) is 0 Å². The van der Waals surface area contributed by atoms with Gasteiger partial charge in [-0.2, -0.15) is 0 Å². The van der Waals surface area contributed by atoms with Gasteiger partial charge >= 0.3 is 0 Å². The first-order valence-electron chi connectivity index (χ1n) is 3.86. The van der Waals surface area contributed by atoms with Gasteiger partial charge in [0.2, 0.25) is 0 Å². The average Bonchev–Trinajstić information content (AvgIpc) is 2.26. The Kier molecular flexibility index (Phi) is 2.22. The molecule has 1 aromatic rings. The Bertz CT molecular complexity index is 313. The topological polar surface area (TPSA) is 42.2 Å². The van der Waals surface area contributed by atoms with Crippen molar-refractivity contribution in [3.05, 3.63) is 22.6 Å². The van der Waals surface area contributed by atoms with Crippen molar-refractivity contribution in [3.63, 3.8) is 0 Å². The molecule has 1 aromatic heterocycles. The lowest BCUT2D eigenvalue weighted by atomic mass is 10.1. The third kappa shape index (κ3) is 1.22. The van der Waals surface area contributed by atoms with Crippen LogP contribution in [-0.2, 0) is 0 Å². The number of carbonyl (C=O) groups excluding carboxylic acids is 1. The van der Waals surface area contributed by atoms with Crippen LogP contribution in [0.3, 0.4) is 0 Å². The van der Waals surface area contributed by atoms with Crippen LogP contribution in [-0.4, -0.2) is 13.0 Å². The van der Waals surface area contributed by atoms with Gasteiger partial charge in [0.1, 0.15) is 11.5 Å². The molecule has 0 fully saturated rings. The van der Waals surface area contributed by atoms with E-state index in [0.717, 1.165) is 11.3 Å². The predicted molar refractivity (Wildman–Crippen MR) is 46.3 cm³/mol. The quantitative estimate of drug-likeness (QED) is 0.689. The molecule has 0 aliphatic carbocycles. The zero-order valence-corrected chi connectivity index (χ0v) is 7.82. The number of furan rings is 1. The van der Waals surface area contributed by atoms with Crippen molar-refractivity contribution in [3.8, 4) is 0 Å². The van der Waals surface area contributed by atoms with Gasteiger partial charge in [-0.05, 0) is 20.8 Å². The summed E-state index contributed by atoms with van der Waals surface area (Å²) in [6.07, 6.45) is 0. The molecule has 0 aromatic carbocycles. The van der Waals surface area contributed by atoms with E-state index in [-0.39, 0.29) is 5.91 Å². The van der Waals surface area contributed by atoms with E-state index in [1.54, 1.807) is 14.0 Å². The second-order valence-electron chi connectivity index (χ2n) is 2.79. The maximum absolute atomic E-state index is 11.3. The molecule has 3 nitrogen and oxygen atoms in total. The first kappa shape index (κ1) is 8.84. The Balaban J connectivity index is 3.22. The predicted octanol–water partition coefficient (Wildman–Crippen LogP) is 1.56. The molecule has 0 aliphatic rings. The van der Waals surface area contributed by atoms with Crippen molar-refractivity contribution in [2.75, 3.05) is 7.05 Å². The van der Waals surface area contributed by atoms with Crippen LogP contribution in [0.4, 0.5) is 0 Å². The lowest BCUT2D eigenvalue weighted by Crippen LogP contribution is -2.18. The molecule has 0 aliphatic heterocycles. The van der Waals surface area contributed by atoms with Crippen molar-refractivity contribution >= 4 is 5.91 Å². The second-order valence-corrected chi connectivity index (χ2v) is 2.79. The van der Waals surface area contributed by atoms with E-state index in [1.807, 2.05) is 13.8 Å². The summed E-state index contributed by atoms with van der Waals surface area (Å²) in [5.41, 5.74) is 1.59. The highest BCUT2D eigenvalue weighted by Crippen LogP contribution is 2.19. The van der Waals surface area contributed by atoms with Crippen LogP contribution in [0.1, 0.15) is 27.4 Å². The van der Waals surface area contributed by atoms with Gasteiger partial charge in [-0.3, -0.25) is 4.79 Å². The minimum absolute atomic E-state index is 0.0816. The number of nitrogens with one attached hydrogen (secondary N) is 1. The second kappa shape index (κ2) is 3.01. The van der Waals surface area contributed by atoms with E-state index in [1.165, 1.54) is 0 Å². The fourth-order valence-corrected chi connectivity index (χ4v) is 1.25. The Hall–Kier alpha value is -1.25. The highest BCUT2D eigenvalue weighted by Gasteiger charge is 2.16. The molecule has 0 saturated heterocycles. The number of aryl methyl sites for hydroxylation is 2. The van der Waals surface area contributed by atoms with E-state index < -0.39 is 0 Å². The molecule has 0 bridgehead atoms. The molecule has 0 radical (unpaired) electrons. The van der Waals surface area contributed by atoms with Gasteiger partial charge in [0.15, 0.2) is 0 Å². The molecule has 0 saturated carbocycles. The first-order chi connectivity index (χ1) is 5.57. The van der Waals surface area contributed by atoms with Crippen molar-refractivity contribution < 1.29 is 9.21 Å². The molecule has 0 spiro atoms. The fraction of sp³-hybridized carbons (Fsp3) is 0.444. The number of hydrogen-bond donors (Lipinski definition) is 1. The molecule has 1 rings (SSSR count). The van der Waals surface area contributed by atoms with E-state index in [0.29, 0.717) is 11.3 Å². The lowest BCUT2D eigenvalue weighted by molar-refractivity contribution is 0.0961. The van der Waals surface area contributed by atoms with Crippen LogP contribution >= 0.6 is 0 Å². The molecule has 12 heavy (non-hydrogen) atoms. The van der Waals surface area contributed by atoms with Crippen LogP contribution in [0.25, 0.3) is 0 Å². The van der Waals surface area contributed by atoms with Gasteiger partial charge in [-0.25, -0.2) is 0 Å². The average molecular weight is 167 g/mol. The Morgan fingerprint density at radius 1 is 1.25 bits per heavy atom. The van der Waals surface area contributed by atoms with Crippen LogP contribution in [0.2, 0.25) is 0 Å². The van der Waals surface area contributed by atoms with E-state index >= 15 is 0 Å². The van der Waals surface area contributed by atoms with Gasteiger partial charge < -0.3 is 9.73 Å². The van der Waals surface area contributed by atoms with Crippen LogP contribution in [0.15, 0.2) is 4.42 Å². The van der Waals surface area contributed by atoms with Crippen molar-refractivity contribution in [1.29, 1.82) is 0 Å². The standard InChI is InChI=1S/C9H13NO2/c1-5-6(2)12-7(3)8(5)9(11)10-4/h1-4H3,(H,10,11). The number of rotatable bonds is 1. The fourth-order valence-electron chi connectivity index (χ4n) is 1.25. The lowest BCUT2D eigenvalue weighted by Gasteiger charge is -1.97. The van der Waals surface area contributed by atoms with Gasteiger partial charge in [0.05, 0.1) is 5.56 Å². The summed E-state index contributed by atoms with van der Waals surface area (Å²) in [5, 5.41) is 2.58. The summed E-state index contributed by atoms with van der Waals surface area (Å²) in [7, 11) is 1.61. The first-order valence-corrected chi connectivity index (χ1v) is 3.86. The minimum atomic E-state index is -0.0816. The summed E-state index contributed by atoms with van der Waals surface area (Å²) in [5.74, 6) is 1.41. The number of hydrogen-bond acceptors (Lipinski definition) is 2. The molecule has 1 amide bonds. The third-order valence-electron chi connectivity index (χ3n) is 2.02. The zero-order chi connectivity index (χ0) is 9.30. The van der Waals surface area contributed by atoms with Crippen molar-refractivity contribution in [2.24, 2.45) is 0 Å². The Morgan fingerprint density at radius 3 is 2.17 bits per heavy atom. The molecule has 66 valence electrons. The number of amides is 1. The number of carbonyl (C=O) groups is 1. The summed E-state index contributed by atoms with van der Waals surface area (Å²) >= 11 is 0. The van der Waals surface area contributed by atoms with E-state index in [4.69, 9.17) is 4.42 Å². The monoisotopic (exact) mass is 167 g/mol. The molecule has 0 unspecified atom stereocenters. The van der Waals surface area contributed by atoms with Crippen LogP contribution in [0.5, 0.6) is 0 Å². The maximum Gasteiger partial charge on any atom is 0.254 e. The van der Waals surface area contributed by atoms with Crippen molar-refractivity contribution in [1.82, 2.24) is 5.32 Å². The van der Waals surface area contributed by atoms with Gasteiger partial charge in [-0.15, -0.1) is 0 Å². The highest BCUT2D eigenvalue weighted by molar-refractivity contribution is 5.96. The molecule has 0 atom stereocenters. The zero-order valence-electron chi connectivity index (χ0n) is 7.82. The van der Waals surface area contributed by atoms with E-state index in [2.05, 4.69) is 5.32 Å². The third-order valence-corrected chi connectivity index (χ3v) is 2.02. The van der Waals surface area contributed by atoms with Crippen LogP contribution in [0, 0.1) is 20.8 Å². The summed E-state index contributed by atoms with van der Waals surface area (Å²) in [6, 6.07) is 0. The summed E-state index contributed by atoms with van der Waals surface area (Å²) < 4.78 is 5.31. The van der Waals surface area contributed by atoms with E-state index in [9.17, 15) is 4.79 Å². The molecule has 1 heterocycles.